The molecule has 2 amide bonds. The van der Waals surface area contributed by atoms with Crippen LogP contribution in [-0.2, 0) is 6.54 Å². The summed E-state index contributed by atoms with van der Waals surface area (Å²) in [6.45, 7) is 4.62. The Morgan fingerprint density at radius 3 is 2.81 bits per heavy atom. The second-order valence-corrected chi connectivity index (χ2v) is 5.07. The second-order valence-electron chi connectivity index (χ2n) is 5.07. The molecule has 0 fully saturated rings. The third kappa shape index (κ3) is 4.32. The highest BCUT2D eigenvalue weighted by Crippen LogP contribution is 2.18. The number of urea groups is 1. The molecule has 0 saturated carbocycles. The molecule has 1 aromatic carbocycles. The van der Waals surface area contributed by atoms with Gasteiger partial charge in [-0.2, -0.15) is 5.10 Å². The Balaban J connectivity index is 1.96. The van der Waals surface area contributed by atoms with Gasteiger partial charge >= 0.3 is 6.03 Å². The molecule has 0 spiro atoms. The zero-order valence-corrected chi connectivity index (χ0v) is 12.2. The molecule has 1 heterocycles. The molecule has 0 unspecified atom stereocenters. The third-order valence-electron chi connectivity index (χ3n) is 3.03. The molecule has 0 aliphatic heterocycles. The Morgan fingerprint density at radius 2 is 2.10 bits per heavy atom. The predicted octanol–water partition coefficient (Wildman–Crippen LogP) is 2.64. The number of hydrogen-bond acceptors (Lipinski definition) is 3. The number of aliphatic hydroxyl groups excluding tert-OH is 1. The molecule has 0 aliphatic carbocycles. The van der Waals surface area contributed by atoms with Gasteiger partial charge in [0.05, 0.1) is 25.0 Å². The number of aliphatic hydroxyl groups is 1. The maximum absolute atomic E-state index is 11.9. The smallest absolute Gasteiger partial charge is 0.323 e. The molecule has 2 aromatic rings. The quantitative estimate of drug-likeness (QED) is 0.791. The van der Waals surface area contributed by atoms with Crippen LogP contribution in [0.4, 0.5) is 16.2 Å². The van der Waals surface area contributed by atoms with Gasteiger partial charge in [0.1, 0.15) is 0 Å². The Bertz CT molecular complexity index is 607. The molecule has 0 bridgehead atoms. The topological polar surface area (TPSA) is 79.2 Å². The van der Waals surface area contributed by atoms with Crippen molar-refractivity contribution in [2.75, 3.05) is 17.2 Å². The minimum absolute atomic E-state index is 0.00924. The van der Waals surface area contributed by atoms with E-state index in [9.17, 15) is 4.79 Å². The van der Waals surface area contributed by atoms with Gasteiger partial charge in [0, 0.05) is 11.9 Å². The molecule has 0 aliphatic rings. The van der Waals surface area contributed by atoms with Crippen LogP contribution >= 0.6 is 0 Å². The average Bonchev–Trinajstić information content (AvgIpc) is 2.86. The van der Waals surface area contributed by atoms with E-state index in [-0.39, 0.29) is 12.6 Å². The van der Waals surface area contributed by atoms with Crippen molar-refractivity contribution < 1.29 is 9.90 Å². The van der Waals surface area contributed by atoms with Crippen molar-refractivity contribution in [3.8, 4) is 0 Å². The van der Waals surface area contributed by atoms with Crippen LogP contribution in [0, 0.1) is 0 Å². The fourth-order valence-electron chi connectivity index (χ4n) is 1.92. The van der Waals surface area contributed by atoms with Gasteiger partial charge in [-0.3, -0.25) is 4.68 Å². The first-order chi connectivity index (χ1) is 10.1. The van der Waals surface area contributed by atoms with Gasteiger partial charge < -0.3 is 15.7 Å². The zero-order chi connectivity index (χ0) is 15.2. The van der Waals surface area contributed by atoms with Crippen LogP contribution in [0.3, 0.4) is 0 Å². The van der Waals surface area contributed by atoms with Crippen LogP contribution < -0.4 is 10.6 Å². The third-order valence-corrected chi connectivity index (χ3v) is 3.03. The van der Waals surface area contributed by atoms with Crippen LogP contribution in [0.25, 0.3) is 0 Å². The van der Waals surface area contributed by atoms with Crippen molar-refractivity contribution in [2.45, 2.75) is 26.3 Å². The number of anilines is 2. The maximum atomic E-state index is 11.9. The number of nitrogens with zero attached hydrogens (tertiary/aromatic N) is 2. The summed E-state index contributed by atoms with van der Waals surface area (Å²) in [6, 6.07) is 7.44. The Labute approximate surface area is 123 Å². The van der Waals surface area contributed by atoms with Gasteiger partial charge in [-0.05, 0) is 23.6 Å². The minimum Gasteiger partial charge on any atom is -0.394 e. The van der Waals surface area contributed by atoms with E-state index in [0.717, 1.165) is 5.69 Å². The summed E-state index contributed by atoms with van der Waals surface area (Å²) in [7, 11) is 0. The fourth-order valence-corrected chi connectivity index (χ4v) is 1.92. The lowest BCUT2D eigenvalue weighted by molar-refractivity contribution is 0.262. The number of carbonyl (C=O) groups is 1. The monoisotopic (exact) mass is 288 g/mol. The molecule has 6 nitrogen and oxygen atoms in total. The highest BCUT2D eigenvalue weighted by Gasteiger charge is 2.06. The van der Waals surface area contributed by atoms with E-state index in [0.29, 0.717) is 18.2 Å². The number of aromatic nitrogens is 2. The number of carbonyl (C=O) groups excluding carboxylic acids is 1. The van der Waals surface area contributed by atoms with Gasteiger partial charge in [0.2, 0.25) is 0 Å². The predicted molar refractivity (Wildman–Crippen MR) is 82.5 cm³/mol. The van der Waals surface area contributed by atoms with Crippen LogP contribution in [-0.4, -0.2) is 27.5 Å². The summed E-state index contributed by atoms with van der Waals surface area (Å²) in [5.41, 5.74) is 2.51. The number of rotatable bonds is 5. The van der Waals surface area contributed by atoms with E-state index in [2.05, 4.69) is 29.6 Å². The molecule has 112 valence electrons. The van der Waals surface area contributed by atoms with E-state index < -0.39 is 0 Å². The SMILES string of the molecule is CC(C)c1cccc(NC(=O)Nc2cnn(CCO)c2)c1. The molecule has 2 rings (SSSR count). The lowest BCUT2D eigenvalue weighted by Crippen LogP contribution is -2.19. The lowest BCUT2D eigenvalue weighted by Gasteiger charge is -2.09. The van der Waals surface area contributed by atoms with Gasteiger partial charge in [0.25, 0.3) is 0 Å². The van der Waals surface area contributed by atoms with Gasteiger partial charge in [-0.1, -0.05) is 26.0 Å². The first-order valence-electron chi connectivity index (χ1n) is 6.90. The van der Waals surface area contributed by atoms with Crippen molar-refractivity contribution >= 4 is 17.4 Å². The summed E-state index contributed by atoms with van der Waals surface area (Å²) in [5.74, 6) is 0.409. The molecule has 0 radical (unpaired) electrons. The number of benzene rings is 1. The maximum Gasteiger partial charge on any atom is 0.323 e. The van der Waals surface area contributed by atoms with Crippen LogP contribution in [0.5, 0.6) is 0 Å². The van der Waals surface area contributed by atoms with E-state index in [1.165, 1.54) is 5.56 Å². The number of amides is 2. The van der Waals surface area contributed by atoms with E-state index in [4.69, 9.17) is 5.11 Å². The molecule has 0 saturated heterocycles. The highest BCUT2D eigenvalue weighted by molar-refractivity contribution is 5.99. The first-order valence-corrected chi connectivity index (χ1v) is 6.90. The zero-order valence-electron chi connectivity index (χ0n) is 12.2. The summed E-state index contributed by atoms with van der Waals surface area (Å²) in [6.07, 6.45) is 3.21. The summed E-state index contributed by atoms with van der Waals surface area (Å²) in [4.78, 5) is 11.9. The Kier molecular flexibility index (Phi) is 4.94. The molecule has 1 aromatic heterocycles. The van der Waals surface area contributed by atoms with Gasteiger partial charge in [-0.15, -0.1) is 0 Å². The van der Waals surface area contributed by atoms with E-state index in [1.807, 2.05) is 24.3 Å². The van der Waals surface area contributed by atoms with Crippen molar-refractivity contribution in [1.29, 1.82) is 0 Å². The normalized spacial score (nSPS) is 10.7. The van der Waals surface area contributed by atoms with Crippen molar-refractivity contribution in [1.82, 2.24) is 9.78 Å². The second kappa shape index (κ2) is 6.90. The van der Waals surface area contributed by atoms with E-state index >= 15 is 0 Å². The number of nitrogens with one attached hydrogen (secondary N) is 2. The lowest BCUT2D eigenvalue weighted by atomic mass is 10.0. The molecule has 0 atom stereocenters. The van der Waals surface area contributed by atoms with Crippen LogP contribution in [0.1, 0.15) is 25.3 Å². The van der Waals surface area contributed by atoms with Gasteiger partial charge in [0.15, 0.2) is 0 Å². The van der Waals surface area contributed by atoms with E-state index in [1.54, 1.807) is 17.1 Å². The van der Waals surface area contributed by atoms with Crippen molar-refractivity contribution in [3.63, 3.8) is 0 Å². The molecule has 3 N–H and O–H groups in total. The van der Waals surface area contributed by atoms with Gasteiger partial charge in [-0.25, -0.2) is 4.79 Å². The number of hydrogen-bond donors (Lipinski definition) is 3. The summed E-state index contributed by atoms with van der Waals surface area (Å²) < 4.78 is 1.56. The molecular formula is C15H20N4O2. The fraction of sp³-hybridized carbons (Fsp3) is 0.333. The molecule has 6 heteroatoms. The standard InChI is InChI=1S/C15H20N4O2/c1-11(2)12-4-3-5-13(8-12)17-15(21)18-14-9-16-19(10-14)6-7-20/h3-5,8-11,20H,6-7H2,1-2H3,(H2,17,18,21). The van der Waals surface area contributed by atoms with Crippen LogP contribution in [0.2, 0.25) is 0 Å². The van der Waals surface area contributed by atoms with Crippen LogP contribution in [0.15, 0.2) is 36.7 Å². The molecular weight excluding hydrogens is 268 g/mol. The first kappa shape index (κ1) is 15.1. The summed E-state index contributed by atoms with van der Waals surface area (Å²) >= 11 is 0. The average molecular weight is 288 g/mol. The van der Waals surface area contributed by atoms with Crippen molar-refractivity contribution in [2.24, 2.45) is 0 Å². The minimum atomic E-state index is -0.320. The summed E-state index contributed by atoms with van der Waals surface area (Å²) in [5, 5.41) is 18.3. The van der Waals surface area contributed by atoms with Crippen molar-refractivity contribution in [3.05, 3.63) is 42.2 Å². The Morgan fingerprint density at radius 1 is 1.33 bits per heavy atom. The molecule has 21 heavy (non-hydrogen) atoms. The highest BCUT2D eigenvalue weighted by atomic mass is 16.3. The largest absolute Gasteiger partial charge is 0.394 e. The Hall–Kier alpha value is -2.34.